The molecule has 2 atom stereocenters. The zero-order valence-corrected chi connectivity index (χ0v) is 13.8. The Labute approximate surface area is 141 Å². The van der Waals surface area contributed by atoms with Crippen LogP contribution in [0.4, 0.5) is 0 Å². The molecule has 1 aliphatic heterocycles. The summed E-state index contributed by atoms with van der Waals surface area (Å²) in [5.41, 5.74) is 1.63. The number of hydrogen-bond acceptors (Lipinski definition) is 3. The molecule has 124 valence electrons. The minimum Gasteiger partial charge on any atom is -0.360 e. The van der Waals surface area contributed by atoms with Crippen LogP contribution in [0.1, 0.15) is 66.3 Å². The summed E-state index contributed by atoms with van der Waals surface area (Å²) < 4.78 is 5.41. The molecule has 0 bridgehead atoms. The summed E-state index contributed by atoms with van der Waals surface area (Å²) in [6.45, 7) is 0.847. The van der Waals surface area contributed by atoms with Crippen LogP contribution in [0.15, 0.2) is 40.9 Å². The highest BCUT2D eigenvalue weighted by atomic mass is 16.5. The molecule has 2 unspecified atom stereocenters. The smallest absolute Gasteiger partial charge is 0.276 e. The van der Waals surface area contributed by atoms with Gasteiger partial charge < -0.3 is 9.42 Å². The van der Waals surface area contributed by atoms with Gasteiger partial charge in [-0.3, -0.25) is 4.79 Å². The van der Waals surface area contributed by atoms with Crippen molar-refractivity contribution in [3.63, 3.8) is 0 Å². The van der Waals surface area contributed by atoms with E-state index in [1.165, 1.54) is 24.8 Å². The molecule has 24 heavy (non-hydrogen) atoms. The normalized spacial score (nSPS) is 29.0. The van der Waals surface area contributed by atoms with E-state index in [0.717, 1.165) is 31.6 Å². The Morgan fingerprint density at radius 3 is 2.75 bits per heavy atom. The maximum atomic E-state index is 13.1. The van der Waals surface area contributed by atoms with Gasteiger partial charge in [0, 0.05) is 24.4 Å². The third kappa shape index (κ3) is 1.98. The lowest BCUT2D eigenvalue weighted by molar-refractivity contribution is -0.0873. The van der Waals surface area contributed by atoms with E-state index in [1.807, 2.05) is 12.1 Å². The van der Waals surface area contributed by atoms with Crippen molar-refractivity contribution in [1.82, 2.24) is 10.1 Å². The van der Waals surface area contributed by atoms with E-state index in [2.05, 4.69) is 34.3 Å². The number of fused-ring (bicyclic) bond motifs is 1. The maximum absolute atomic E-state index is 13.1. The lowest BCUT2D eigenvalue weighted by Crippen LogP contribution is -2.67. The van der Waals surface area contributed by atoms with Gasteiger partial charge in [0.15, 0.2) is 5.69 Å². The summed E-state index contributed by atoms with van der Waals surface area (Å²) in [7, 11) is 0. The Balaban J connectivity index is 1.49. The van der Waals surface area contributed by atoms with Crippen molar-refractivity contribution in [1.29, 1.82) is 0 Å². The van der Waals surface area contributed by atoms with Gasteiger partial charge in [0.25, 0.3) is 5.91 Å². The lowest BCUT2D eigenvalue weighted by Gasteiger charge is -2.61. The zero-order chi connectivity index (χ0) is 16.1. The first-order chi connectivity index (χ1) is 11.8. The second-order valence-corrected chi connectivity index (χ2v) is 7.54. The van der Waals surface area contributed by atoms with Crippen LogP contribution in [0.5, 0.6) is 0 Å². The lowest BCUT2D eigenvalue weighted by atomic mass is 9.61. The third-order valence-electron chi connectivity index (χ3n) is 6.17. The molecule has 1 amide bonds. The number of carbonyl (C=O) groups excluding carboxylic acids is 1. The van der Waals surface area contributed by atoms with Crippen LogP contribution in [0.3, 0.4) is 0 Å². The predicted octanol–water partition coefficient (Wildman–Crippen LogP) is 4.09. The van der Waals surface area contributed by atoms with E-state index in [4.69, 9.17) is 4.52 Å². The van der Waals surface area contributed by atoms with Gasteiger partial charge in [-0.25, -0.2) is 0 Å². The molecule has 0 spiro atoms. The van der Waals surface area contributed by atoms with Crippen molar-refractivity contribution < 1.29 is 9.32 Å². The number of benzene rings is 1. The number of nitrogens with zero attached hydrogens (tertiary/aromatic N) is 2. The van der Waals surface area contributed by atoms with Crippen molar-refractivity contribution in [2.75, 3.05) is 6.54 Å². The molecule has 2 heterocycles. The Bertz CT molecular complexity index is 765. The zero-order valence-electron chi connectivity index (χ0n) is 13.8. The van der Waals surface area contributed by atoms with E-state index in [1.54, 1.807) is 0 Å². The fraction of sp³-hybridized carbons (Fsp3) is 0.500. The van der Waals surface area contributed by atoms with Gasteiger partial charge >= 0.3 is 0 Å². The fourth-order valence-corrected chi connectivity index (χ4v) is 4.71. The van der Waals surface area contributed by atoms with Crippen LogP contribution in [-0.2, 0) is 5.54 Å². The Hall–Kier alpha value is -2.10. The Morgan fingerprint density at radius 2 is 2.00 bits per heavy atom. The standard InChI is InChI=1S/C20H22N2O2/c23-19(17-12-18(24-21-17)14-9-10-14)22-13-16-8-4-5-11-20(16,22)15-6-2-1-3-7-15/h1-3,6-7,12,14,16H,4-5,8-11,13H2. The topological polar surface area (TPSA) is 46.3 Å². The number of aromatic nitrogens is 1. The molecule has 5 rings (SSSR count). The first-order valence-corrected chi connectivity index (χ1v) is 9.13. The van der Waals surface area contributed by atoms with Gasteiger partial charge in [-0.1, -0.05) is 48.3 Å². The van der Waals surface area contributed by atoms with E-state index >= 15 is 0 Å². The molecule has 1 aromatic carbocycles. The van der Waals surface area contributed by atoms with E-state index in [0.29, 0.717) is 17.5 Å². The average Bonchev–Trinajstić information content (AvgIpc) is 3.34. The molecule has 2 saturated carbocycles. The molecule has 2 aliphatic carbocycles. The predicted molar refractivity (Wildman–Crippen MR) is 89.6 cm³/mol. The quantitative estimate of drug-likeness (QED) is 0.855. The maximum Gasteiger partial charge on any atom is 0.276 e. The molecular weight excluding hydrogens is 300 g/mol. The first-order valence-electron chi connectivity index (χ1n) is 9.13. The van der Waals surface area contributed by atoms with Crippen LogP contribution in [0.2, 0.25) is 0 Å². The molecule has 1 aromatic heterocycles. The summed E-state index contributed by atoms with van der Waals surface area (Å²) >= 11 is 0. The fourth-order valence-electron chi connectivity index (χ4n) is 4.71. The highest BCUT2D eigenvalue weighted by Gasteiger charge is 2.57. The van der Waals surface area contributed by atoms with Crippen LogP contribution in [-0.4, -0.2) is 22.5 Å². The van der Waals surface area contributed by atoms with Gasteiger partial charge in [-0.15, -0.1) is 0 Å². The van der Waals surface area contributed by atoms with E-state index in [-0.39, 0.29) is 11.4 Å². The minimum atomic E-state index is -0.130. The van der Waals surface area contributed by atoms with Crippen molar-refractivity contribution in [3.8, 4) is 0 Å². The summed E-state index contributed by atoms with van der Waals surface area (Å²) in [4.78, 5) is 15.2. The largest absolute Gasteiger partial charge is 0.360 e. The van der Waals surface area contributed by atoms with Crippen LogP contribution < -0.4 is 0 Å². The minimum absolute atomic E-state index is 0.0349. The Morgan fingerprint density at radius 1 is 1.17 bits per heavy atom. The average molecular weight is 322 g/mol. The summed E-state index contributed by atoms with van der Waals surface area (Å²) in [5.74, 6) is 1.98. The monoisotopic (exact) mass is 322 g/mol. The van der Waals surface area contributed by atoms with Crippen molar-refractivity contribution in [3.05, 3.63) is 53.4 Å². The van der Waals surface area contributed by atoms with Crippen LogP contribution in [0, 0.1) is 5.92 Å². The van der Waals surface area contributed by atoms with Crippen LogP contribution in [0.25, 0.3) is 0 Å². The van der Waals surface area contributed by atoms with Crippen molar-refractivity contribution in [2.24, 2.45) is 5.92 Å². The molecule has 0 N–H and O–H groups in total. The van der Waals surface area contributed by atoms with Gasteiger partial charge in [0.2, 0.25) is 0 Å². The third-order valence-corrected chi connectivity index (χ3v) is 6.17. The summed E-state index contributed by atoms with van der Waals surface area (Å²) in [6, 6.07) is 12.4. The van der Waals surface area contributed by atoms with Crippen molar-refractivity contribution in [2.45, 2.75) is 50.0 Å². The number of hydrogen-bond donors (Lipinski definition) is 0. The second-order valence-electron chi connectivity index (χ2n) is 7.54. The first kappa shape index (κ1) is 14.3. The summed E-state index contributed by atoms with van der Waals surface area (Å²) in [6.07, 6.45) is 7.04. The van der Waals surface area contributed by atoms with Gasteiger partial charge in [0.05, 0.1) is 5.54 Å². The SMILES string of the molecule is O=C(c1cc(C2CC2)on1)N1CC2CCCCC21c1ccccc1. The number of carbonyl (C=O) groups is 1. The van der Waals surface area contributed by atoms with Gasteiger partial charge in [-0.2, -0.15) is 0 Å². The Kier molecular flexibility index (Phi) is 3.09. The van der Waals surface area contributed by atoms with E-state index in [9.17, 15) is 4.79 Å². The van der Waals surface area contributed by atoms with Gasteiger partial charge in [-0.05, 0) is 31.2 Å². The molecule has 1 saturated heterocycles. The molecule has 2 aromatic rings. The van der Waals surface area contributed by atoms with Gasteiger partial charge in [0.1, 0.15) is 5.76 Å². The molecule has 4 nitrogen and oxygen atoms in total. The second kappa shape index (κ2) is 5.20. The molecule has 3 fully saturated rings. The highest BCUT2D eigenvalue weighted by molar-refractivity contribution is 5.93. The number of amides is 1. The van der Waals surface area contributed by atoms with Crippen LogP contribution >= 0.6 is 0 Å². The molecular formula is C20H22N2O2. The molecule has 0 radical (unpaired) electrons. The molecule has 3 aliphatic rings. The molecule has 4 heteroatoms. The number of rotatable bonds is 3. The van der Waals surface area contributed by atoms with E-state index < -0.39 is 0 Å². The van der Waals surface area contributed by atoms with Crippen molar-refractivity contribution >= 4 is 5.91 Å². The summed E-state index contributed by atoms with van der Waals surface area (Å²) in [5, 5.41) is 4.08. The number of likely N-dealkylation sites (tertiary alicyclic amines) is 1. The highest BCUT2D eigenvalue weighted by Crippen LogP contribution is 2.54.